The maximum atomic E-state index is 12.7. The third kappa shape index (κ3) is 3.38. The Morgan fingerprint density at radius 2 is 2.04 bits per heavy atom. The largest absolute Gasteiger partial charge is 0.490 e. The highest BCUT2D eigenvalue weighted by atomic mass is 16.5. The van der Waals surface area contributed by atoms with Crippen LogP contribution in [0.15, 0.2) is 42.7 Å². The van der Waals surface area contributed by atoms with Gasteiger partial charge in [0.05, 0.1) is 31.1 Å². The molecule has 1 N–H and O–H groups in total. The first kappa shape index (κ1) is 15.7. The second-order valence-electron chi connectivity index (χ2n) is 6.28. The smallest absolute Gasteiger partial charge is 0.322 e. The van der Waals surface area contributed by atoms with Crippen LogP contribution in [0.3, 0.4) is 0 Å². The van der Waals surface area contributed by atoms with Gasteiger partial charge in [-0.2, -0.15) is 0 Å². The lowest BCUT2D eigenvalue weighted by Gasteiger charge is -2.26. The van der Waals surface area contributed by atoms with Crippen LogP contribution in [0.4, 0.5) is 10.5 Å². The first-order chi connectivity index (χ1) is 12.3. The van der Waals surface area contributed by atoms with Crippen LogP contribution in [0.25, 0.3) is 0 Å². The third-order valence-electron chi connectivity index (χ3n) is 4.58. The highest BCUT2D eigenvalue weighted by molar-refractivity contribution is 5.89. The van der Waals surface area contributed by atoms with Crippen molar-refractivity contribution < 1.29 is 14.3 Å². The number of likely N-dealkylation sites (tertiary alicyclic amines) is 1. The molecule has 0 spiro atoms. The lowest BCUT2D eigenvalue weighted by Crippen LogP contribution is -2.34. The number of fused-ring (bicyclic) bond motifs is 1. The maximum Gasteiger partial charge on any atom is 0.322 e. The van der Waals surface area contributed by atoms with Gasteiger partial charge in [0.15, 0.2) is 11.5 Å². The molecule has 1 aromatic heterocycles. The zero-order valence-corrected chi connectivity index (χ0v) is 14.0. The fraction of sp³-hybridized carbons (Fsp3) is 0.368. The minimum atomic E-state index is -0.0948. The van der Waals surface area contributed by atoms with Gasteiger partial charge < -0.3 is 19.7 Å². The Morgan fingerprint density at radius 3 is 2.88 bits per heavy atom. The van der Waals surface area contributed by atoms with Gasteiger partial charge >= 0.3 is 6.03 Å². The molecule has 1 aromatic carbocycles. The SMILES string of the molecule is O=C(Nc1cccnc1)N1CCC[C@H]1c1ccc2c(c1)OCCCO2. The Labute approximate surface area is 146 Å². The lowest BCUT2D eigenvalue weighted by atomic mass is 10.0. The van der Waals surface area contributed by atoms with Gasteiger partial charge in [0.25, 0.3) is 0 Å². The van der Waals surface area contributed by atoms with E-state index in [1.54, 1.807) is 18.5 Å². The molecule has 130 valence electrons. The van der Waals surface area contributed by atoms with E-state index in [1.807, 2.05) is 29.2 Å². The Morgan fingerprint density at radius 1 is 1.16 bits per heavy atom. The zero-order chi connectivity index (χ0) is 17.1. The summed E-state index contributed by atoms with van der Waals surface area (Å²) in [7, 11) is 0. The Bertz CT molecular complexity index is 751. The zero-order valence-electron chi connectivity index (χ0n) is 14.0. The fourth-order valence-corrected chi connectivity index (χ4v) is 3.38. The summed E-state index contributed by atoms with van der Waals surface area (Å²) >= 11 is 0. The van der Waals surface area contributed by atoms with Gasteiger partial charge in [0.1, 0.15) is 0 Å². The summed E-state index contributed by atoms with van der Waals surface area (Å²) in [5.74, 6) is 1.56. The molecule has 1 fully saturated rings. The number of carbonyl (C=O) groups is 1. The second-order valence-corrected chi connectivity index (χ2v) is 6.28. The van der Waals surface area contributed by atoms with Crippen molar-refractivity contribution in [1.29, 1.82) is 0 Å². The molecule has 2 aliphatic rings. The van der Waals surface area contributed by atoms with Crippen LogP contribution >= 0.6 is 0 Å². The molecule has 1 saturated heterocycles. The van der Waals surface area contributed by atoms with Crippen LogP contribution in [0, 0.1) is 0 Å². The molecule has 2 aliphatic heterocycles. The average molecular weight is 339 g/mol. The van der Waals surface area contributed by atoms with Gasteiger partial charge in [0, 0.05) is 19.2 Å². The minimum Gasteiger partial charge on any atom is -0.490 e. The van der Waals surface area contributed by atoms with E-state index >= 15 is 0 Å². The summed E-state index contributed by atoms with van der Waals surface area (Å²) in [5.41, 5.74) is 1.79. The van der Waals surface area contributed by atoms with Crippen molar-refractivity contribution in [2.45, 2.75) is 25.3 Å². The normalized spacial score (nSPS) is 19.4. The molecular formula is C19H21N3O3. The second kappa shape index (κ2) is 7.01. The standard InChI is InChI=1S/C19H21N3O3/c23-19(21-15-4-1-8-20-13-15)22-9-2-5-16(22)14-6-7-17-18(12-14)25-11-3-10-24-17/h1,4,6-8,12-13,16H,2-3,5,9-11H2,(H,21,23)/t16-/m0/s1. The van der Waals surface area contributed by atoms with E-state index in [0.29, 0.717) is 18.9 Å². The molecule has 6 heteroatoms. The number of rotatable bonds is 2. The van der Waals surface area contributed by atoms with E-state index in [4.69, 9.17) is 9.47 Å². The molecule has 0 aliphatic carbocycles. The first-order valence-corrected chi connectivity index (χ1v) is 8.68. The minimum absolute atomic E-state index is 0.0498. The van der Waals surface area contributed by atoms with Crippen LogP contribution in [0.2, 0.25) is 0 Å². The number of nitrogens with one attached hydrogen (secondary N) is 1. The summed E-state index contributed by atoms with van der Waals surface area (Å²) < 4.78 is 11.5. The van der Waals surface area contributed by atoms with Gasteiger partial charge in [-0.05, 0) is 42.7 Å². The van der Waals surface area contributed by atoms with Crippen LogP contribution in [-0.2, 0) is 0 Å². The molecule has 3 heterocycles. The Balaban J connectivity index is 1.53. The highest BCUT2D eigenvalue weighted by Gasteiger charge is 2.30. The number of pyridine rings is 1. The van der Waals surface area contributed by atoms with Gasteiger partial charge in [-0.3, -0.25) is 4.98 Å². The summed E-state index contributed by atoms with van der Waals surface area (Å²) in [6.07, 6.45) is 6.15. The summed E-state index contributed by atoms with van der Waals surface area (Å²) in [6.45, 7) is 2.08. The van der Waals surface area contributed by atoms with Gasteiger partial charge in [-0.1, -0.05) is 6.07 Å². The maximum absolute atomic E-state index is 12.7. The van der Waals surface area contributed by atoms with Crippen molar-refractivity contribution in [2.24, 2.45) is 0 Å². The number of carbonyl (C=O) groups excluding carboxylic acids is 1. The van der Waals surface area contributed by atoms with Crippen LogP contribution in [-0.4, -0.2) is 35.7 Å². The van der Waals surface area contributed by atoms with Crippen molar-refractivity contribution in [2.75, 3.05) is 25.1 Å². The molecule has 2 aromatic rings. The molecule has 0 radical (unpaired) electrons. The van der Waals surface area contributed by atoms with Crippen molar-refractivity contribution in [1.82, 2.24) is 9.88 Å². The van der Waals surface area contributed by atoms with Crippen LogP contribution in [0.1, 0.15) is 30.9 Å². The number of aromatic nitrogens is 1. The van der Waals surface area contributed by atoms with E-state index in [1.165, 1.54) is 0 Å². The van der Waals surface area contributed by atoms with Crippen molar-refractivity contribution >= 4 is 11.7 Å². The van der Waals surface area contributed by atoms with Crippen LogP contribution < -0.4 is 14.8 Å². The monoisotopic (exact) mass is 339 g/mol. The van der Waals surface area contributed by atoms with E-state index in [-0.39, 0.29) is 12.1 Å². The molecule has 0 unspecified atom stereocenters. The van der Waals surface area contributed by atoms with E-state index in [2.05, 4.69) is 10.3 Å². The number of nitrogens with zero attached hydrogens (tertiary/aromatic N) is 2. The molecule has 1 atom stereocenters. The van der Waals surface area contributed by atoms with Crippen molar-refractivity contribution in [3.63, 3.8) is 0 Å². The molecule has 6 nitrogen and oxygen atoms in total. The number of amides is 2. The number of hydrogen-bond donors (Lipinski definition) is 1. The first-order valence-electron chi connectivity index (χ1n) is 8.68. The van der Waals surface area contributed by atoms with Gasteiger partial charge in [-0.15, -0.1) is 0 Å². The van der Waals surface area contributed by atoms with E-state index in [9.17, 15) is 4.79 Å². The molecule has 2 amide bonds. The topological polar surface area (TPSA) is 63.7 Å². The predicted molar refractivity (Wildman–Crippen MR) is 94.0 cm³/mol. The number of ether oxygens (including phenoxy) is 2. The number of hydrogen-bond acceptors (Lipinski definition) is 4. The fourth-order valence-electron chi connectivity index (χ4n) is 3.38. The van der Waals surface area contributed by atoms with Crippen molar-refractivity contribution in [3.05, 3.63) is 48.3 Å². The van der Waals surface area contributed by atoms with E-state index < -0.39 is 0 Å². The summed E-state index contributed by atoms with van der Waals surface area (Å²) in [4.78, 5) is 18.6. The summed E-state index contributed by atoms with van der Waals surface area (Å²) in [6, 6.07) is 9.60. The number of benzene rings is 1. The highest BCUT2D eigenvalue weighted by Crippen LogP contribution is 2.38. The average Bonchev–Trinajstić information content (AvgIpc) is 3.01. The van der Waals surface area contributed by atoms with E-state index in [0.717, 1.165) is 42.9 Å². The molecule has 4 rings (SSSR count). The number of anilines is 1. The molecule has 0 saturated carbocycles. The summed E-state index contributed by atoms with van der Waals surface area (Å²) in [5, 5.41) is 2.92. The third-order valence-corrected chi connectivity index (χ3v) is 4.58. The number of urea groups is 1. The molecule has 0 bridgehead atoms. The Hall–Kier alpha value is -2.76. The Kier molecular flexibility index (Phi) is 4.41. The van der Waals surface area contributed by atoms with Crippen LogP contribution in [0.5, 0.6) is 11.5 Å². The van der Waals surface area contributed by atoms with Gasteiger partial charge in [-0.25, -0.2) is 4.79 Å². The molecular weight excluding hydrogens is 318 g/mol. The van der Waals surface area contributed by atoms with Crippen molar-refractivity contribution in [3.8, 4) is 11.5 Å². The quantitative estimate of drug-likeness (QED) is 0.908. The predicted octanol–water partition coefficient (Wildman–Crippen LogP) is 3.61. The molecule has 25 heavy (non-hydrogen) atoms. The lowest BCUT2D eigenvalue weighted by molar-refractivity contribution is 0.207. The van der Waals surface area contributed by atoms with Gasteiger partial charge in [0.2, 0.25) is 0 Å².